The van der Waals surface area contributed by atoms with Gasteiger partial charge in [0.2, 0.25) is 5.91 Å². The Hall–Kier alpha value is -3.81. The van der Waals surface area contributed by atoms with Gasteiger partial charge in [0.1, 0.15) is 18.2 Å². The zero-order valence-electron chi connectivity index (χ0n) is 14.4. The number of hydrogen-bond donors (Lipinski definition) is 1. The van der Waals surface area contributed by atoms with Gasteiger partial charge in [-0.25, -0.2) is 9.97 Å². The lowest BCUT2D eigenvalue weighted by molar-refractivity contribution is -0.116. The Morgan fingerprint density at radius 3 is 2.30 bits per heavy atom. The molecule has 1 aliphatic heterocycles. The van der Waals surface area contributed by atoms with Gasteiger partial charge in [0.15, 0.2) is 0 Å². The summed E-state index contributed by atoms with van der Waals surface area (Å²) >= 11 is 0. The molecule has 0 unspecified atom stereocenters. The van der Waals surface area contributed by atoms with Gasteiger partial charge in [-0.05, 0) is 31.2 Å². The third-order valence-electron chi connectivity index (χ3n) is 4.28. The van der Waals surface area contributed by atoms with Crippen molar-refractivity contribution in [3.8, 4) is 5.82 Å². The Kier molecular flexibility index (Phi) is 4.00. The van der Waals surface area contributed by atoms with Crippen LogP contribution in [0.5, 0.6) is 0 Å². The minimum Gasteiger partial charge on any atom is -0.323 e. The molecule has 3 aromatic rings. The summed E-state index contributed by atoms with van der Waals surface area (Å²) in [6.07, 6.45) is 4.97. The van der Waals surface area contributed by atoms with Gasteiger partial charge in [0.25, 0.3) is 11.8 Å². The molecule has 0 saturated carbocycles. The van der Waals surface area contributed by atoms with Gasteiger partial charge in [-0.3, -0.25) is 23.9 Å². The van der Waals surface area contributed by atoms with Crippen molar-refractivity contribution in [2.24, 2.45) is 0 Å². The van der Waals surface area contributed by atoms with Gasteiger partial charge in [0, 0.05) is 12.4 Å². The van der Waals surface area contributed by atoms with Crippen LogP contribution in [-0.4, -0.2) is 43.7 Å². The van der Waals surface area contributed by atoms with Gasteiger partial charge in [-0.15, -0.1) is 0 Å². The lowest BCUT2D eigenvalue weighted by Gasteiger charge is -2.13. The van der Waals surface area contributed by atoms with Gasteiger partial charge >= 0.3 is 0 Å². The molecule has 8 nitrogen and oxygen atoms in total. The van der Waals surface area contributed by atoms with Gasteiger partial charge in [0.05, 0.1) is 23.0 Å². The number of carbonyl (C=O) groups is 3. The zero-order chi connectivity index (χ0) is 19.0. The number of carbonyl (C=O) groups excluding carboxylic acids is 3. The van der Waals surface area contributed by atoms with Crippen LogP contribution in [0.4, 0.5) is 5.69 Å². The molecule has 0 saturated heterocycles. The second-order valence-corrected chi connectivity index (χ2v) is 6.04. The number of imide groups is 1. The number of anilines is 1. The smallest absolute Gasteiger partial charge is 0.262 e. The summed E-state index contributed by atoms with van der Waals surface area (Å²) in [7, 11) is 0. The number of fused-ring (bicyclic) bond motifs is 1. The Bertz CT molecular complexity index is 1020. The van der Waals surface area contributed by atoms with Gasteiger partial charge in [-0.2, -0.15) is 0 Å². The largest absolute Gasteiger partial charge is 0.323 e. The fourth-order valence-electron chi connectivity index (χ4n) is 2.95. The molecule has 1 aromatic carbocycles. The number of imidazole rings is 1. The second-order valence-electron chi connectivity index (χ2n) is 6.04. The molecule has 134 valence electrons. The minimum absolute atomic E-state index is 0.317. The van der Waals surface area contributed by atoms with E-state index in [9.17, 15) is 14.4 Å². The third-order valence-corrected chi connectivity index (χ3v) is 4.28. The number of hydrogen-bond acceptors (Lipinski definition) is 5. The van der Waals surface area contributed by atoms with Gasteiger partial charge in [-0.1, -0.05) is 12.1 Å². The monoisotopic (exact) mass is 361 g/mol. The lowest BCUT2D eigenvalue weighted by Crippen LogP contribution is -2.37. The van der Waals surface area contributed by atoms with Crippen LogP contribution in [0.3, 0.4) is 0 Å². The van der Waals surface area contributed by atoms with Crippen molar-refractivity contribution in [1.82, 2.24) is 19.4 Å². The SMILES string of the molecule is Cc1nccn1-c1ccc(NC(=O)CN2C(=O)c3ccccc3C2=O)cn1. The maximum absolute atomic E-state index is 12.3. The predicted molar refractivity (Wildman–Crippen MR) is 96.5 cm³/mol. The second kappa shape index (κ2) is 6.49. The van der Waals surface area contributed by atoms with Crippen molar-refractivity contribution >= 4 is 23.4 Å². The van der Waals surface area contributed by atoms with Crippen LogP contribution in [0.1, 0.15) is 26.5 Å². The van der Waals surface area contributed by atoms with Gasteiger partial charge < -0.3 is 5.32 Å². The molecule has 0 fully saturated rings. The minimum atomic E-state index is -0.474. The number of amides is 3. The number of rotatable bonds is 4. The topological polar surface area (TPSA) is 97.2 Å². The molecule has 0 atom stereocenters. The molecule has 1 aliphatic rings. The van der Waals surface area contributed by atoms with Crippen molar-refractivity contribution in [1.29, 1.82) is 0 Å². The number of pyridine rings is 1. The Labute approximate surface area is 154 Å². The molecular formula is C19H15N5O3. The highest BCUT2D eigenvalue weighted by atomic mass is 16.2. The van der Waals surface area contributed by atoms with Crippen molar-refractivity contribution in [3.05, 3.63) is 71.9 Å². The number of benzene rings is 1. The third kappa shape index (κ3) is 2.97. The Morgan fingerprint density at radius 1 is 1.04 bits per heavy atom. The van der Waals surface area contributed by atoms with E-state index >= 15 is 0 Å². The van der Waals surface area contributed by atoms with Crippen molar-refractivity contribution in [2.45, 2.75) is 6.92 Å². The number of aromatic nitrogens is 3. The quantitative estimate of drug-likeness (QED) is 0.715. The molecule has 2 aromatic heterocycles. The van der Waals surface area contributed by atoms with Crippen molar-refractivity contribution < 1.29 is 14.4 Å². The molecule has 0 aliphatic carbocycles. The Balaban J connectivity index is 1.44. The Morgan fingerprint density at radius 2 is 1.74 bits per heavy atom. The first-order valence-corrected chi connectivity index (χ1v) is 8.26. The summed E-state index contributed by atoms with van der Waals surface area (Å²) < 4.78 is 1.81. The molecule has 1 N–H and O–H groups in total. The first-order valence-electron chi connectivity index (χ1n) is 8.26. The molecule has 0 radical (unpaired) electrons. The molecule has 0 spiro atoms. The van der Waals surface area contributed by atoms with Crippen LogP contribution in [0.15, 0.2) is 55.0 Å². The van der Waals surface area contributed by atoms with E-state index in [-0.39, 0.29) is 6.54 Å². The molecular weight excluding hydrogens is 346 g/mol. The molecule has 27 heavy (non-hydrogen) atoms. The maximum atomic E-state index is 12.3. The van der Waals surface area contributed by atoms with E-state index in [1.165, 1.54) is 6.20 Å². The van der Waals surface area contributed by atoms with Crippen LogP contribution in [0.2, 0.25) is 0 Å². The van der Waals surface area contributed by atoms with Crippen LogP contribution in [-0.2, 0) is 4.79 Å². The summed E-state index contributed by atoms with van der Waals surface area (Å²) in [5, 5.41) is 2.65. The van der Waals surface area contributed by atoms with E-state index in [1.54, 1.807) is 48.8 Å². The molecule has 4 rings (SSSR count). The van der Waals surface area contributed by atoms with Crippen LogP contribution in [0.25, 0.3) is 5.82 Å². The van der Waals surface area contributed by atoms with Crippen LogP contribution >= 0.6 is 0 Å². The average Bonchev–Trinajstić information content (AvgIpc) is 3.20. The molecule has 3 amide bonds. The van der Waals surface area contributed by atoms with E-state index in [2.05, 4.69) is 15.3 Å². The average molecular weight is 361 g/mol. The van der Waals surface area contributed by atoms with E-state index in [0.717, 1.165) is 10.7 Å². The van der Waals surface area contributed by atoms with Crippen LogP contribution < -0.4 is 5.32 Å². The molecule has 3 heterocycles. The fourth-order valence-corrected chi connectivity index (χ4v) is 2.95. The molecule has 0 bridgehead atoms. The molecule has 8 heteroatoms. The highest BCUT2D eigenvalue weighted by Crippen LogP contribution is 2.22. The zero-order valence-corrected chi connectivity index (χ0v) is 14.4. The fraction of sp³-hybridized carbons (Fsp3) is 0.105. The number of aryl methyl sites for hydroxylation is 1. The highest BCUT2D eigenvalue weighted by molar-refractivity contribution is 6.22. The number of nitrogens with one attached hydrogen (secondary N) is 1. The first-order chi connectivity index (χ1) is 13.0. The van der Waals surface area contributed by atoms with Crippen molar-refractivity contribution in [3.63, 3.8) is 0 Å². The standard InChI is InChI=1S/C19H15N5O3/c1-12-20-8-9-23(12)16-7-6-13(10-21-16)22-17(25)11-24-18(26)14-4-2-3-5-15(14)19(24)27/h2-10H,11H2,1H3,(H,22,25). The van der Waals surface area contributed by atoms with E-state index < -0.39 is 17.7 Å². The maximum Gasteiger partial charge on any atom is 0.262 e. The van der Waals surface area contributed by atoms with E-state index in [1.807, 2.05) is 11.5 Å². The summed E-state index contributed by atoms with van der Waals surface area (Å²) in [5.74, 6) is 0.0655. The van der Waals surface area contributed by atoms with Crippen molar-refractivity contribution in [2.75, 3.05) is 11.9 Å². The van der Waals surface area contributed by atoms with Crippen LogP contribution in [0, 0.1) is 6.92 Å². The summed E-state index contributed by atoms with van der Waals surface area (Å²) in [5.41, 5.74) is 1.10. The summed E-state index contributed by atoms with van der Waals surface area (Å²) in [6, 6.07) is 9.96. The highest BCUT2D eigenvalue weighted by Gasteiger charge is 2.36. The normalized spacial score (nSPS) is 13.0. The van der Waals surface area contributed by atoms with E-state index in [0.29, 0.717) is 22.6 Å². The first kappa shape index (κ1) is 16.6. The predicted octanol–water partition coefficient (Wildman–Crippen LogP) is 1.81. The van der Waals surface area contributed by atoms with E-state index in [4.69, 9.17) is 0 Å². The summed E-state index contributed by atoms with van der Waals surface area (Å²) in [4.78, 5) is 46.3. The number of nitrogens with zero attached hydrogens (tertiary/aromatic N) is 4. The summed E-state index contributed by atoms with van der Waals surface area (Å²) in [6.45, 7) is 1.51. The lowest BCUT2D eigenvalue weighted by atomic mass is 10.1.